The molecule has 0 saturated carbocycles. The maximum atomic E-state index is 11.9. The Morgan fingerprint density at radius 1 is 1.08 bits per heavy atom. The van der Waals surface area contributed by atoms with Crippen molar-refractivity contribution in [3.63, 3.8) is 0 Å². The van der Waals surface area contributed by atoms with Crippen LogP contribution in [-0.2, 0) is 17.6 Å². The van der Waals surface area contributed by atoms with E-state index in [1.807, 2.05) is 71.7 Å². The van der Waals surface area contributed by atoms with Gasteiger partial charge in [0.25, 0.3) is 5.91 Å². The second-order valence-electron chi connectivity index (χ2n) is 6.01. The predicted octanol–water partition coefficient (Wildman–Crippen LogP) is 3.17. The van der Waals surface area contributed by atoms with E-state index in [9.17, 15) is 4.79 Å². The molecule has 0 aliphatic heterocycles. The van der Waals surface area contributed by atoms with Crippen molar-refractivity contribution in [2.45, 2.75) is 19.8 Å². The Kier molecular flexibility index (Phi) is 6.04. The smallest absolute Gasteiger partial charge is 0.257 e. The minimum absolute atomic E-state index is 0.0226. The first-order valence-corrected chi connectivity index (χ1v) is 8.82. The second kappa shape index (κ2) is 8.85. The lowest BCUT2D eigenvalue weighted by atomic mass is 10.2. The highest BCUT2D eigenvalue weighted by Gasteiger charge is 2.04. The van der Waals surface area contributed by atoms with Crippen molar-refractivity contribution >= 4 is 5.91 Å². The topological polar surface area (TPSA) is 56.1 Å². The molecule has 1 amide bonds. The Balaban J connectivity index is 1.40. The molecule has 0 aliphatic rings. The number of aromatic nitrogens is 2. The van der Waals surface area contributed by atoms with Crippen LogP contribution in [0.3, 0.4) is 0 Å². The standard InChI is InChI=1S/C21H23N3O2/c1-2-17-8-10-20(11-9-17)26-16-21(25)22-13-12-18-14-23-24(15-18)19-6-4-3-5-7-19/h3-11,14-15H,2,12-13,16H2,1H3,(H,22,25). The van der Waals surface area contributed by atoms with Gasteiger partial charge in [-0.1, -0.05) is 37.3 Å². The van der Waals surface area contributed by atoms with Crippen molar-refractivity contribution in [1.29, 1.82) is 0 Å². The number of rotatable bonds is 8. The highest BCUT2D eigenvalue weighted by atomic mass is 16.5. The number of hydrogen-bond donors (Lipinski definition) is 1. The average molecular weight is 349 g/mol. The van der Waals surface area contributed by atoms with Gasteiger partial charge in [0.2, 0.25) is 0 Å². The van der Waals surface area contributed by atoms with E-state index >= 15 is 0 Å². The van der Waals surface area contributed by atoms with Gasteiger partial charge in [-0.2, -0.15) is 5.10 Å². The van der Waals surface area contributed by atoms with E-state index in [-0.39, 0.29) is 12.5 Å². The molecule has 0 saturated heterocycles. The Bertz CT molecular complexity index is 826. The first-order chi connectivity index (χ1) is 12.7. The van der Waals surface area contributed by atoms with Gasteiger partial charge in [0, 0.05) is 12.7 Å². The van der Waals surface area contributed by atoms with Crippen LogP contribution in [0.5, 0.6) is 5.75 Å². The van der Waals surface area contributed by atoms with Crippen LogP contribution in [-0.4, -0.2) is 28.8 Å². The summed E-state index contributed by atoms with van der Waals surface area (Å²) in [6.07, 6.45) is 5.52. The Hall–Kier alpha value is -3.08. The van der Waals surface area contributed by atoms with E-state index < -0.39 is 0 Å². The number of aryl methyl sites for hydroxylation is 1. The maximum absolute atomic E-state index is 11.9. The molecule has 5 nitrogen and oxygen atoms in total. The molecule has 134 valence electrons. The summed E-state index contributed by atoms with van der Waals surface area (Å²) >= 11 is 0. The molecular formula is C21H23N3O2. The van der Waals surface area contributed by atoms with Gasteiger partial charge in [-0.15, -0.1) is 0 Å². The lowest BCUT2D eigenvalue weighted by Crippen LogP contribution is -2.30. The molecule has 2 aromatic carbocycles. The van der Waals surface area contributed by atoms with Crippen LogP contribution in [0.2, 0.25) is 0 Å². The first-order valence-electron chi connectivity index (χ1n) is 8.82. The van der Waals surface area contributed by atoms with E-state index in [0.29, 0.717) is 12.3 Å². The van der Waals surface area contributed by atoms with Crippen molar-refractivity contribution in [1.82, 2.24) is 15.1 Å². The number of benzene rings is 2. The van der Waals surface area contributed by atoms with Crippen LogP contribution >= 0.6 is 0 Å². The van der Waals surface area contributed by atoms with E-state index in [4.69, 9.17) is 4.74 Å². The molecular weight excluding hydrogens is 326 g/mol. The highest BCUT2D eigenvalue weighted by molar-refractivity contribution is 5.77. The summed E-state index contributed by atoms with van der Waals surface area (Å²) in [6, 6.07) is 17.7. The molecule has 0 spiro atoms. The number of hydrogen-bond acceptors (Lipinski definition) is 3. The van der Waals surface area contributed by atoms with Gasteiger partial charge in [0.1, 0.15) is 5.75 Å². The van der Waals surface area contributed by atoms with Crippen molar-refractivity contribution in [3.8, 4) is 11.4 Å². The SMILES string of the molecule is CCc1ccc(OCC(=O)NCCc2cnn(-c3ccccc3)c2)cc1. The zero-order chi connectivity index (χ0) is 18.2. The van der Waals surface area contributed by atoms with Gasteiger partial charge >= 0.3 is 0 Å². The summed E-state index contributed by atoms with van der Waals surface area (Å²) in [5.41, 5.74) is 3.34. The van der Waals surface area contributed by atoms with Crippen molar-refractivity contribution < 1.29 is 9.53 Å². The maximum Gasteiger partial charge on any atom is 0.257 e. The van der Waals surface area contributed by atoms with Crippen molar-refractivity contribution in [3.05, 3.63) is 78.1 Å². The van der Waals surface area contributed by atoms with Crippen LogP contribution in [0.25, 0.3) is 5.69 Å². The van der Waals surface area contributed by atoms with Crippen molar-refractivity contribution in [2.75, 3.05) is 13.2 Å². The molecule has 26 heavy (non-hydrogen) atoms. The molecule has 0 unspecified atom stereocenters. The number of amides is 1. The van der Waals surface area contributed by atoms with Crippen molar-refractivity contribution in [2.24, 2.45) is 0 Å². The van der Waals surface area contributed by atoms with E-state index in [0.717, 1.165) is 24.1 Å². The third-order valence-electron chi connectivity index (χ3n) is 4.09. The fraction of sp³-hybridized carbons (Fsp3) is 0.238. The summed E-state index contributed by atoms with van der Waals surface area (Å²) in [6.45, 7) is 2.68. The lowest BCUT2D eigenvalue weighted by molar-refractivity contribution is -0.123. The molecule has 5 heteroatoms. The zero-order valence-electron chi connectivity index (χ0n) is 14.9. The van der Waals surface area contributed by atoms with Crippen LogP contribution < -0.4 is 10.1 Å². The average Bonchev–Trinajstić information content (AvgIpc) is 3.16. The normalized spacial score (nSPS) is 10.5. The van der Waals surface area contributed by atoms with Gasteiger partial charge in [0.05, 0.1) is 11.9 Å². The van der Waals surface area contributed by atoms with Gasteiger partial charge in [-0.25, -0.2) is 4.68 Å². The Morgan fingerprint density at radius 2 is 1.85 bits per heavy atom. The minimum Gasteiger partial charge on any atom is -0.484 e. The predicted molar refractivity (Wildman–Crippen MR) is 102 cm³/mol. The third-order valence-corrected chi connectivity index (χ3v) is 4.09. The summed E-state index contributed by atoms with van der Waals surface area (Å²) < 4.78 is 7.34. The monoisotopic (exact) mass is 349 g/mol. The van der Waals surface area contributed by atoms with Crippen LogP contribution in [0.4, 0.5) is 0 Å². The zero-order valence-corrected chi connectivity index (χ0v) is 14.9. The Morgan fingerprint density at radius 3 is 2.58 bits per heavy atom. The molecule has 3 aromatic rings. The van der Waals surface area contributed by atoms with Gasteiger partial charge in [-0.05, 0) is 48.2 Å². The molecule has 0 bridgehead atoms. The summed E-state index contributed by atoms with van der Waals surface area (Å²) in [4.78, 5) is 11.9. The van der Waals surface area contributed by atoms with Gasteiger partial charge < -0.3 is 10.1 Å². The third kappa shape index (κ3) is 4.96. The number of nitrogens with one attached hydrogen (secondary N) is 1. The van der Waals surface area contributed by atoms with Gasteiger partial charge in [-0.3, -0.25) is 4.79 Å². The van der Waals surface area contributed by atoms with Crippen LogP contribution in [0.15, 0.2) is 67.0 Å². The molecule has 1 N–H and O–H groups in total. The Labute approximate surface area is 153 Å². The summed E-state index contributed by atoms with van der Waals surface area (Å²) in [5, 5.41) is 7.23. The van der Waals surface area contributed by atoms with Crippen LogP contribution in [0.1, 0.15) is 18.1 Å². The number of para-hydroxylation sites is 1. The molecule has 0 radical (unpaired) electrons. The fourth-order valence-electron chi connectivity index (χ4n) is 2.58. The highest BCUT2D eigenvalue weighted by Crippen LogP contribution is 2.12. The van der Waals surface area contributed by atoms with E-state index in [1.54, 1.807) is 0 Å². The summed E-state index contributed by atoms with van der Waals surface area (Å²) in [5.74, 6) is 0.585. The van der Waals surface area contributed by atoms with Gasteiger partial charge in [0.15, 0.2) is 6.61 Å². The fourth-order valence-corrected chi connectivity index (χ4v) is 2.58. The quantitative estimate of drug-likeness (QED) is 0.680. The molecule has 1 heterocycles. The minimum atomic E-state index is -0.125. The number of carbonyl (C=O) groups excluding carboxylic acids is 1. The molecule has 3 rings (SSSR count). The number of nitrogens with zero attached hydrogens (tertiary/aromatic N) is 2. The number of ether oxygens (including phenoxy) is 1. The number of carbonyl (C=O) groups is 1. The molecule has 1 aromatic heterocycles. The lowest BCUT2D eigenvalue weighted by Gasteiger charge is -2.07. The second-order valence-corrected chi connectivity index (χ2v) is 6.01. The molecule has 0 atom stereocenters. The first kappa shape index (κ1) is 17.7. The largest absolute Gasteiger partial charge is 0.484 e. The summed E-state index contributed by atoms with van der Waals surface area (Å²) in [7, 11) is 0. The van der Waals surface area contributed by atoms with E-state index in [1.165, 1.54) is 5.56 Å². The molecule has 0 aliphatic carbocycles. The van der Waals surface area contributed by atoms with E-state index in [2.05, 4.69) is 17.3 Å². The van der Waals surface area contributed by atoms with Crippen LogP contribution in [0, 0.1) is 0 Å². The molecule has 0 fully saturated rings.